The highest BCUT2D eigenvalue weighted by Crippen LogP contribution is 2.37. The van der Waals surface area contributed by atoms with Gasteiger partial charge < -0.3 is 10.1 Å². The number of hydrogen-bond acceptors (Lipinski definition) is 2. The standard InChI is InChI=1S/C10H19NO/c1-10(2)5-3-4-8-9(10)11-6-7-12-8/h8-9,11H,3-7H2,1-2H3/t8-,9-/m0/s1. The Morgan fingerprint density at radius 2 is 2.25 bits per heavy atom. The van der Waals surface area contributed by atoms with Crippen LogP contribution in [0, 0.1) is 5.41 Å². The second-order valence-electron chi connectivity index (χ2n) is 4.72. The monoisotopic (exact) mass is 169 g/mol. The van der Waals surface area contributed by atoms with Gasteiger partial charge >= 0.3 is 0 Å². The molecule has 0 bridgehead atoms. The maximum absolute atomic E-state index is 5.75. The summed E-state index contributed by atoms with van der Waals surface area (Å²) in [5.41, 5.74) is 0.434. The van der Waals surface area contributed by atoms with Crippen molar-refractivity contribution in [1.82, 2.24) is 5.32 Å². The molecule has 0 radical (unpaired) electrons. The molecule has 1 heterocycles. The van der Waals surface area contributed by atoms with E-state index in [-0.39, 0.29) is 0 Å². The van der Waals surface area contributed by atoms with Crippen LogP contribution in [0.5, 0.6) is 0 Å². The van der Waals surface area contributed by atoms with Gasteiger partial charge in [0.2, 0.25) is 0 Å². The zero-order valence-corrected chi connectivity index (χ0v) is 8.10. The minimum absolute atomic E-state index is 0.434. The lowest BCUT2D eigenvalue weighted by atomic mass is 9.71. The summed E-state index contributed by atoms with van der Waals surface area (Å²) in [4.78, 5) is 0. The van der Waals surface area contributed by atoms with Crippen molar-refractivity contribution >= 4 is 0 Å². The molecule has 2 aliphatic rings. The molecular formula is C10H19NO. The van der Waals surface area contributed by atoms with Crippen molar-refractivity contribution < 1.29 is 4.74 Å². The fraction of sp³-hybridized carbons (Fsp3) is 1.00. The Kier molecular flexibility index (Phi) is 2.13. The third-order valence-electron chi connectivity index (χ3n) is 3.32. The van der Waals surface area contributed by atoms with Crippen molar-refractivity contribution in [2.75, 3.05) is 13.2 Å². The molecule has 0 spiro atoms. The van der Waals surface area contributed by atoms with E-state index in [0.29, 0.717) is 17.6 Å². The summed E-state index contributed by atoms with van der Waals surface area (Å²) in [5.74, 6) is 0. The fourth-order valence-corrected chi connectivity index (χ4v) is 2.60. The van der Waals surface area contributed by atoms with E-state index >= 15 is 0 Å². The van der Waals surface area contributed by atoms with Crippen LogP contribution in [-0.4, -0.2) is 25.3 Å². The van der Waals surface area contributed by atoms with Gasteiger partial charge in [0.15, 0.2) is 0 Å². The van der Waals surface area contributed by atoms with Crippen LogP contribution in [0.1, 0.15) is 33.1 Å². The predicted molar refractivity (Wildman–Crippen MR) is 49.2 cm³/mol. The summed E-state index contributed by atoms with van der Waals surface area (Å²) >= 11 is 0. The van der Waals surface area contributed by atoms with Gasteiger partial charge in [-0.2, -0.15) is 0 Å². The average Bonchev–Trinajstić information content (AvgIpc) is 2.04. The molecule has 2 fully saturated rings. The molecule has 70 valence electrons. The van der Waals surface area contributed by atoms with Gasteiger partial charge in [-0.05, 0) is 18.3 Å². The quantitative estimate of drug-likeness (QED) is 0.594. The Hall–Kier alpha value is -0.0800. The lowest BCUT2D eigenvalue weighted by Crippen LogP contribution is -2.57. The molecule has 1 aliphatic heterocycles. The Morgan fingerprint density at radius 3 is 3.00 bits per heavy atom. The smallest absolute Gasteiger partial charge is 0.0733 e. The molecule has 2 atom stereocenters. The molecule has 1 saturated heterocycles. The molecular weight excluding hydrogens is 150 g/mol. The molecule has 12 heavy (non-hydrogen) atoms. The predicted octanol–water partition coefficient (Wildman–Crippen LogP) is 1.55. The minimum atomic E-state index is 0.434. The molecule has 0 amide bonds. The lowest BCUT2D eigenvalue weighted by molar-refractivity contribution is -0.0653. The lowest BCUT2D eigenvalue weighted by Gasteiger charge is -2.46. The SMILES string of the molecule is CC1(C)CCC[C@@H]2OCCN[C@@H]21. The maximum atomic E-state index is 5.75. The first-order valence-corrected chi connectivity index (χ1v) is 5.05. The minimum Gasteiger partial charge on any atom is -0.375 e. The van der Waals surface area contributed by atoms with Gasteiger partial charge in [0.05, 0.1) is 12.7 Å². The van der Waals surface area contributed by atoms with E-state index in [0.717, 1.165) is 13.2 Å². The summed E-state index contributed by atoms with van der Waals surface area (Å²) in [6.45, 7) is 6.64. The average molecular weight is 169 g/mol. The summed E-state index contributed by atoms with van der Waals surface area (Å²) in [7, 11) is 0. The largest absolute Gasteiger partial charge is 0.375 e. The highest BCUT2D eigenvalue weighted by molar-refractivity contribution is 4.95. The van der Waals surface area contributed by atoms with Gasteiger partial charge in [-0.15, -0.1) is 0 Å². The Balaban J connectivity index is 2.09. The molecule has 1 N–H and O–H groups in total. The zero-order chi connectivity index (χ0) is 8.60. The molecule has 0 unspecified atom stereocenters. The Labute approximate surface area is 74.7 Å². The van der Waals surface area contributed by atoms with E-state index < -0.39 is 0 Å². The van der Waals surface area contributed by atoms with Gasteiger partial charge in [0, 0.05) is 12.6 Å². The van der Waals surface area contributed by atoms with Crippen molar-refractivity contribution in [3.8, 4) is 0 Å². The van der Waals surface area contributed by atoms with Crippen LogP contribution in [0.15, 0.2) is 0 Å². The van der Waals surface area contributed by atoms with Crippen molar-refractivity contribution in [2.24, 2.45) is 5.41 Å². The van der Waals surface area contributed by atoms with Crippen LogP contribution in [0.2, 0.25) is 0 Å². The van der Waals surface area contributed by atoms with Gasteiger partial charge in [0.25, 0.3) is 0 Å². The molecule has 2 rings (SSSR count). The third kappa shape index (κ3) is 1.38. The Bertz CT molecular complexity index is 165. The van der Waals surface area contributed by atoms with Crippen molar-refractivity contribution in [3.05, 3.63) is 0 Å². The number of ether oxygens (including phenoxy) is 1. The molecule has 1 saturated carbocycles. The molecule has 2 heteroatoms. The van der Waals surface area contributed by atoms with E-state index in [1.807, 2.05) is 0 Å². The summed E-state index contributed by atoms with van der Waals surface area (Å²) in [6, 6.07) is 0.597. The second-order valence-corrected chi connectivity index (χ2v) is 4.72. The van der Waals surface area contributed by atoms with Crippen LogP contribution in [-0.2, 0) is 4.74 Å². The summed E-state index contributed by atoms with van der Waals surface area (Å²) in [6.07, 6.45) is 4.41. The van der Waals surface area contributed by atoms with Gasteiger partial charge in [0.1, 0.15) is 0 Å². The fourth-order valence-electron chi connectivity index (χ4n) is 2.60. The number of nitrogens with one attached hydrogen (secondary N) is 1. The third-order valence-corrected chi connectivity index (χ3v) is 3.32. The van der Waals surface area contributed by atoms with Crippen LogP contribution < -0.4 is 5.32 Å². The highest BCUT2D eigenvalue weighted by Gasteiger charge is 2.40. The molecule has 0 aromatic heterocycles. The van der Waals surface area contributed by atoms with Gasteiger partial charge in [-0.3, -0.25) is 0 Å². The zero-order valence-electron chi connectivity index (χ0n) is 8.10. The van der Waals surface area contributed by atoms with Crippen LogP contribution in [0.4, 0.5) is 0 Å². The van der Waals surface area contributed by atoms with E-state index in [9.17, 15) is 0 Å². The van der Waals surface area contributed by atoms with Gasteiger partial charge in [-0.1, -0.05) is 20.3 Å². The van der Waals surface area contributed by atoms with Crippen LogP contribution >= 0.6 is 0 Å². The van der Waals surface area contributed by atoms with Crippen molar-refractivity contribution in [1.29, 1.82) is 0 Å². The van der Waals surface area contributed by atoms with Gasteiger partial charge in [-0.25, -0.2) is 0 Å². The normalized spacial score (nSPS) is 40.5. The molecule has 0 aromatic carbocycles. The van der Waals surface area contributed by atoms with E-state index in [1.54, 1.807) is 0 Å². The van der Waals surface area contributed by atoms with Crippen LogP contribution in [0.3, 0.4) is 0 Å². The Morgan fingerprint density at radius 1 is 1.42 bits per heavy atom. The number of morpholine rings is 1. The highest BCUT2D eigenvalue weighted by atomic mass is 16.5. The molecule has 0 aromatic rings. The van der Waals surface area contributed by atoms with E-state index in [4.69, 9.17) is 4.74 Å². The van der Waals surface area contributed by atoms with E-state index in [1.165, 1.54) is 19.3 Å². The first-order valence-electron chi connectivity index (χ1n) is 5.05. The van der Waals surface area contributed by atoms with Crippen molar-refractivity contribution in [2.45, 2.75) is 45.3 Å². The summed E-state index contributed by atoms with van der Waals surface area (Å²) < 4.78 is 5.75. The first-order chi connectivity index (χ1) is 5.70. The first kappa shape index (κ1) is 8.52. The van der Waals surface area contributed by atoms with Crippen LogP contribution in [0.25, 0.3) is 0 Å². The second kappa shape index (κ2) is 3.00. The summed E-state index contributed by atoms with van der Waals surface area (Å²) in [5, 5.41) is 3.59. The number of rotatable bonds is 0. The number of hydrogen-bond donors (Lipinski definition) is 1. The van der Waals surface area contributed by atoms with E-state index in [2.05, 4.69) is 19.2 Å². The topological polar surface area (TPSA) is 21.3 Å². The molecule has 2 nitrogen and oxygen atoms in total. The molecule has 1 aliphatic carbocycles. The van der Waals surface area contributed by atoms with Crippen molar-refractivity contribution in [3.63, 3.8) is 0 Å². The maximum Gasteiger partial charge on any atom is 0.0733 e. The number of fused-ring (bicyclic) bond motifs is 1.